The normalized spacial score (nSPS) is 11.5. The zero-order chi connectivity index (χ0) is 15.5. The van der Waals surface area contributed by atoms with Crippen LogP contribution in [0.1, 0.15) is 5.56 Å². The smallest absolute Gasteiger partial charge is 0.406 e. The molecule has 2 rings (SSSR count). The number of rotatable bonds is 4. The Bertz CT molecular complexity index is 606. The van der Waals surface area contributed by atoms with Gasteiger partial charge in [-0.3, -0.25) is 0 Å². The Hall–Kier alpha value is -2.08. The Labute approximate surface area is 118 Å². The summed E-state index contributed by atoms with van der Waals surface area (Å²) in [6.07, 6.45) is -4.38. The summed E-state index contributed by atoms with van der Waals surface area (Å²) in [5.41, 5.74) is 1.44. The number of hydrogen-bond acceptors (Lipinski definition) is 2. The van der Waals surface area contributed by atoms with Crippen LogP contribution in [0.15, 0.2) is 42.5 Å². The zero-order valence-electron chi connectivity index (χ0n) is 10.8. The van der Waals surface area contributed by atoms with Crippen LogP contribution in [-0.4, -0.2) is 18.1 Å². The van der Waals surface area contributed by atoms with Crippen LogP contribution in [0.4, 0.5) is 17.6 Å². The molecule has 0 bridgehead atoms. The first-order valence-corrected chi connectivity index (χ1v) is 6.14. The minimum absolute atomic E-state index is 0.0660. The van der Waals surface area contributed by atoms with E-state index >= 15 is 0 Å². The highest BCUT2D eigenvalue weighted by Crippen LogP contribution is 2.28. The lowest BCUT2D eigenvalue weighted by molar-refractivity contribution is -0.274. The molecule has 6 heteroatoms. The molecule has 0 aliphatic heterocycles. The minimum atomic E-state index is -4.76. The second kappa shape index (κ2) is 6.13. The number of benzene rings is 2. The fourth-order valence-electron chi connectivity index (χ4n) is 1.91. The van der Waals surface area contributed by atoms with E-state index in [4.69, 9.17) is 5.11 Å². The van der Waals surface area contributed by atoms with E-state index in [0.29, 0.717) is 12.0 Å². The van der Waals surface area contributed by atoms with Crippen molar-refractivity contribution in [3.05, 3.63) is 53.8 Å². The summed E-state index contributed by atoms with van der Waals surface area (Å²) in [4.78, 5) is 0. The van der Waals surface area contributed by atoms with E-state index in [-0.39, 0.29) is 17.9 Å². The maximum Gasteiger partial charge on any atom is 0.573 e. The second-order valence-corrected chi connectivity index (χ2v) is 4.36. The van der Waals surface area contributed by atoms with Crippen LogP contribution in [-0.2, 0) is 6.42 Å². The summed E-state index contributed by atoms with van der Waals surface area (Å²) in [5.74, 6) is -0.848. The Morgan fingerprint density at radius 2 is 1.67 bits per heavy atom. The van der Waals surface area contributed by atoms with Gasteiger partial charge in [0.25, 0.3) is 0 Å². The molecule has 0 aliphatic rings. The number of alkyl halides is 3. The third-order valence-electron chi connectivity index (χ3n) is 2.83. The first-order chi connectivity index (χ1) is 9.89. The predicted octanol–water partition coefficient (Wildman–Crippen LogP) is 3.93. The van der Waals surface area contributed by atoms with Gasteiger partial charge in [0.05, 0.1) is 0 Å². The summed E-state index contributed by atoms with van der Waals surface area (Å²) < 4.78 is 53.7. The SMILES string of the molecule is OCCc1ccc(F)c(-c2ccc(OC(F)(F)F)cc2)c1. The fourth-order valence-corrected chi connectivity index (χ4v) is 1.91. The van der Waals surface area contributed by atoms with Crippen LogP contribution in [0, 0.1) is 5.82 Å². The molecule has 2 nitrogen and oxygen atoms in total. The maximum atomic E-state index is 13.8. The molecule has 0 atom stereocenters. The summed E-state index contributed by atoms with van der Waals surface area (Å²) in [6, 6.07) is 9.33. The highest BCUT2D eigenvalue weighted by Gasteiger charge is 2.30. The van der Waals surface area contributed by atoms with Gasteiger partial charge in [-0.15, -0.1) is 13.2 Å². The minimum Gasteiger partial charge on any atom is -0.406 e. The van der Waals surface area contributed by atoms with Crippen LogP contribution in [0.3, 0.4) is 0 Å². The highest BCUT2D eigenvalue weighted by molar-refractivity contribution is 5.65. The van der Waals surface area contributed by atoms with E-state index in [1.807, 2.05) is 0 Å². The molecule has 0 radical (unpaired) electrons. The molecule has 0 aromatic heterocycles. The molecule has 112 valence electrons. The van der Waals surface area contributed by atoms with Crippen LogP contribution >= 0.6 is 0 Å². The molecular weight excluding hydrogens is 288 g/mol. The van der Waals surface area contributed by atoms with E-state index in [2.05, 4.69) is 4.74 Å². The number of aliphatic hydroxyl groups excluding tert-OH is 1. The first kappa shape index (κ1) is 15.3. The van der Waals surface area contributed by atoms with E-state index in [9.17, 15) is 17.6 Å². The quantitative estimate of drug-likeness (QED) is 0.867. The lowest BCUT2D eigenvalue weighted by Gasteiger charge is -2.10. The van der Waals surface area contributed by atoms with Crippen molar-refractivity contribution in [1.29, 1.82) is 0 Å². The Kier molecular flexibility index (Phi) is 4.47. The van der Waals surface area contributed by atoms with Crippen molar-refractivity contribution in [2.75, 3.05) is 6.61 Å². The summed E-state index contributed by atoms with van der Waals surface area (Å²) >= 11 is 0. The van der Waals surface area contributed by atoms with Crippen LogP contribution in [0.2, 0.25) is 0 Å². The summed E-state index contributed by atoms with van der Waals surface area (Å²) in [7, 11) is 0. The average Bonchev–Trinajstić information content (AvgIpc) is 2.40. The van der Waals surface area contributed by atoms with Crippen LogP contribution in [0.25, 0.3) is 11.1 Å². The van der Waals surface area contributed by atoms with E-state index in [1.54, 1.807) is 12.1 Å². The van der Waals surface area contributed by atoms with Crippen molar-refractivity contribution < 1.29 is 27.4 Å². The molecule has 1 N–H and O–H groups in total. The van der Waals surface area contributed by atoms with Crippen molar-refractivity contribution in [3.8, 4) is 16.9 Å². The largest absolute Gasteiger partial charge is 0.573 e. The predicted molar refractivity (Wildman–Crippen MR) is 69.3 cm³/mol. The van der Waals surface area contributed by atoms with Crippen molar-refractivity contribution in [2.24, 2.45) is 0 Å². The standard InChI is InChI=1S/C15H12F4O2/c16-14-6-1-10(7-8-20)9-13(14)11-2-4-12(5-3-11)21-15(17,18)19/h1-6,9,20H,7-8H2. The number of halogens is 4. The molecule has 0 heterocycles. The third-order valence-corrected chi connectivity index (χ3v) is 2.83. The van der Waals surface area contributed by atoms with Crippen LogP contribution < -0.4 is 4.74 Å². The second-order valence-electron chi connectivity index (χ2n) is 4.36. The van der Waals surface area contributed by atoms with Gasteiger partial charge in [-0.1, -0.05) is 18.2 Å². The van der Waals surface area contributed by atoms with Gasteiger partial charge < -0.3 is 9.84 Å². The van der Waals surface area contributed by atoms with Gasteiger partial charge in [0.15, 0.2) is 0 Å². The average molecular weight is 300 g/mol. The van der Waals surface area contributed by atoms with Crippen molar-refractivity contribution in [1.82, 2.24) is 0 Å². The number of aliphatic hydroxyl groups is 1. The molecule has 0 spiro atoms. The van der Waals surface area contributed by atoms with Crippen molar-refractivity contribution in [3.63, 3.8) is 0 Å². The molecule has 2 aromatic rings. The lowest BCUT2D eigenvalue weighted by Crippen LogP contribution is -2.16. The van der Waals surface area contributed by atoms with Gasteiger partial charge in [0, 0.05) is 12.2 Å². The fraction of sp³-hybridized carbons (Fsp3) is 0.200. The molecule has 0 saturated carbocycles. The molecule has 21 heavy (non-hydrogen) atoms. The van der Waals surface area contributed by atoms with Gasteiger partial charge >= 0.3 is 6.36 Å². The zero-order valence-corrected chi connectivity index (χ0v) is 10.8. The molecule has 0 unspecified atom stereocenters. The van der Waals surface area contributed by atoms with Crippen molar-refractivity contribution >= 4 is 0 Å². The van der Waals surface area contributed by atoms with Crippen molar-refractivity contribution in [2.45, 2.75) is 12.8 Å². The van der Waals surface area contributed by atoms with E-state index in [1.165, 1.54) is 18.2 Å². The number of hydrogen-bond donors (Lipinski definition) is 1. The lowest BCUT2D eigenvalue weighted by atomic mass is 10.0. The Morgan fingerprint density at radius 3 is 2.24 bits per heavy atom. The highest BCUT2D eigenvalue weighted by atomic mass is 19.4. The molecule has 0 amide bonds. The van der Waals surface area contributed by atoms with Crippen LogP contribution in [0.5, 0.6) is 5.75 Å². The van der Waals surface area contributed by atoms with Gasteiger partial charge in [-0.05, 0) is 41.8 Å². The summed E-state index contributed by atoms with van der Waals surface area (Å²) in [5, 5.41) is 8.88. The van der Waals surface area contributed by atoms with E-state index in [0.717, 1.165) is 17.7 Å². The molecule has 0 saturated heterocycles. The Balaban J connectivity index is 2.28. The molecule has 2 aromatic carbocycles. The molecule has 0 aliphatic carbocycles. The third kappa shape index (κ3) is 4.19. The van der Waals surface area contributed by atoms with Gasteiger partial charge in [0.2, 0.25) is 0 Å². The topological polar surface area (TPSA) is 29.5 Å². The Morgan fingerprint density at radius 1 is 1.00 bits per heavy atom. The van der Waals surface area contributed by atoms with E-state index < -0.39 is 12.2 Å². The number of ether oxygens (including phenoxy) is 1. The first-order valence-electron chi connectivity index (χ1n) is 6.14. The maximum absolute atomic E-state index is 13.8. The molecular formula is C15H12F4O2. The monoisotopic (exact) mass is 300 g/mol. The van der Waals surface area contributed by atoms with Gasteiger partial charge in [-0.25, -0.2) is 4.39 Å². The van der Waals surface area contributed by atoms with Gasteiger partial charge in [-0.2, -0.15) is 0 Å². The summed E-state index contributed by atoms with van der Waals surface area (Å²) in [6.45, 7) is -0.0660. The molecule has 0 fully saturated rings. The van der Waals surface area contributed by atoms with Gasteiger partial charge in [0.1, 0.15) is 11.6 Å².